The highest BCUT2D eigenvalue weighted by atomic mass is 16.3. The molecule has 4 heteroatoms. The van der Waals surface area contributed by atoms with E-state index in [4.69, 9.17) is 0 Å². The smallest absolute Gasteiger partial charge is 0.101 e. The number of aliphatic hydroxyl groups is 1. The van der Waals surface area contributed by atoms with Crippen LogP contribution in [0.3, 0.4) is 0 Å². The maximum Gasteiger partial charge on any atom is 0.101 e. The van der Waals surface area contributed by atoms with E-state index >= 15 is 0 Å². The number of rotatable bonds is 3. The molecule has 0 bridgehead atoms. The van der Waals surface area contributed by atoms with Crippen molar-refractivity contribution in [2.24, 2.45) is 0 Å². The summed E-state index contributed by atoms with van der Waals surface area (Å²) in [6, 6.07) is 0. The molecule has 0 saturated heterocycles. The van der Waals surface area contributed by atoms with Crippen LogP contribution >= 0.6 is 0 Å². The molecule has 0 amide bonds. The first kappa shape index (κ1) is 10.5. The van der Waals surface area contributed by atoms with Crippen LogP contribution in [0.4, 0.5) is 0 Å². The summed E-state index contributed by atoms with van der Waals surface area (Å²) in [5.41, 5.74) is 0.779. The molecule has 4 nitrogen and oxygen atoms in total. The monoisotopic (exact) mass is 185 g/mol. The predicted molar refractivity (Wildman–Crippen MR) is 53.2 cm³/mol. The normalized spacial score (nSPS) is 26.8. The van der Waals surface area contributed by atoms with E-state index in [2.05, 4.69) is 16.0 Å². The van der Waals surface area contributed by atoms with Gasteiger partial charge in [0.25, 0.3) is 0 Å². The van der Waals surface area contributed by atoms with Gasteiger partial charge in [-0.2, -0.15) is 0 Å². The average Bonchev–Trinajstić information content (AvgIpc) is 2.19. The first-order chi connectivity index (χ1) is 6.18. The molecule has 0 spiro atoms. The highest BCUT2D eigenvalue weighted by Crippen LogP contribution is 2.24. The summed E-state index contributed by atoms with van der Waals surface area (Å²) in [5.74, 6) is 0. The number of nitrogens with one attached hydrogen (secondary N) is 3. The fraction of sp³-hybridized carbons (Fsp3) is 0.778. The minimum absolute atomic E-state index is 0.375. The summed E-state index contributed by atoms with van der Waals surface area (Å²) in [6.07, 6.45) is 3.12. The van der Waals surface area contributed by atoms with Gasteiger partial charge in [0.2, 0.25) is 0 Å². The van der Waals surface area contributed by atoms with Crippen LogP contribution in [0.25, 0.3) is 0 Å². The Morgan fingerprint density at radius 2 is 2.00 bits per heavy atom. The fourth-order valence-electron chi connectivity index (χ4n) is 1.77. The Kier molecular flexibility index (Phi) is 3.30. The van der Waals surface area contributed by atoms with Gasteiger partial charge in [-0.25, -0.2) is 0 Å². The van der Waals surface area contributed by atoms with E-state index in [0.717, 1.165) is 12.1 Å². The van der Waals surface area contributed by atoms with Gasteiger partial charge < -0.3 is 10.4 Å². The molecule has 0 aliphatic heterocycles. The number of hydrogen-bond donors (Lipinski definition) is 4. The summed E-state index contributed by atoms with van der Waals surface area (Å²) in [6.45, 7) is 0. The van der Waals surface area contributed by atoms with Crippen LogP contribution in [0.1, 0.15) is 12.8 Å². The van der Waals surface area contributed by atoms with Gasteiger partial charge in [-0.05, 0) is 20.5 Å². The van der Waals surface area contributed by atoms with Crippen molar-refractivity contribution in [3.63, 3.8) is 0 Å². The third-order valence-electron chi connectivity index (χ3n) is 2.84. The van der Waals surface area contributed by atoms with Crippen LogP contribution in [-0.4, -0.2) is 38.0 Å². The molecule has 0 heterocycles. The van der Waals surface area contributed by atoms with E-state index in [1.807, 2.05) is 27.2 Å². The fourth-order valence-corrected chi connectivity index (χ4v) is 1.77. The molecular formula is C9H19N3O. The third kappa shape index (κ3) is 1.85. The number of likely N-dealkylation sites (N-methyl/N-ethyl adjacent to an activating group) is 2. The Morgan fingerprint density at radius 1 is 1.38 bits per heavy atom. The summed E-state index contributed by atoms with van der Waals surface area (Å²) >= 11 is 0. The van der Waals surface area contributed by atoms with Crippen molar-refractivity contribution in [1.29, 1.82) is 0 Å². The third-order valence-corrected chi connectivity index (χ3v) is 2.84. The molecular weight excluding hydrogens is 166 g/mol. The van der Waals surface area contributed by atoms with Crippen LogP contribution in [-0.2, 0) is 0 Å². The summed E-state index contributed by atoms with van der Waals surface area (Å²) in [4.78, 5) is 0. The highest BCUT2D eigenvalue weighted by molar-refractivity contribution is 5.14. The van der Waals surface area contributed by atoms with Crippen molar-refractivity contribution in [1.82, 2.24) is 16.0 Å². The van der Waals surface area contributed by atoms with Crippen molar-refractivity contribution >= 4 is 0 Å². The predicted octanol–water partition coefficient (Wildman–Crippen LogP) is -0.620. The van der Waals surface area contributed by atoms with Crippen LogP contribution < -0.4 is 16.0 Å². The quantitative estimate of drug-likeness (QED) is 0.443. The van der Waals surface area contributed by atoms with E-state index in [-0.39, 0.29) is 11.8 Å². The summed E-state index contributed by atoms with van der Waals surface area (Å²) in [7, 11) is 5.62. The minimum atomic E-state index is -0.382. The van der Waals surface area contributed by atoms with E-state index in [1.54, 1.807) is 0 Å². The van der Waals surface area contributed by atoms with E-state index < -0.39 is 0 Å². The zero-order chi connectivity index (χ0) is 9.90. The standard InChI is InChI=1S/C9H19N3O/c1-10-7-4-5-8(13)9(6-7,11-2)12-3/h4,8,10-13H,5-6H2,1-3H3. The second kappa shape index (κ2) is 4.09. The first-order valence-corrected chi connectivity index (χ1v) is 4.61. The van der Waals surface area contributed by atoms with Gasteiger partial charge in [0.15, 0.2) is 0 Å². The topological polar surface area (TPSA) is 56.3 Å². The van der Waals surface area contributed by atoms with Crippen molar-refractivity contribution in [2.45, 2.75) is 24.6 Å². The van der Waals surface area contributed by atoms with Crippen molar-refractivity contribution in [3.8, 4) is 0 Å². The van der Waals surface area contributed by atoms with Gasteiger partial charge in [0, 0.05) is 19.2 Å². The Bertz CT molecular complexity index is 199. The molecule has 1 rings (SSSR count). The molecule has 13 heavy (non-hydrogen) atoms. The van der Waals surface area contributed by atoms with Gasteiger partial charge in [0.1, 0.15) is 5.66 Å². The molecule has 1 aliphatic rings. The lowest BCUT2D eigenvalue weighted by Gasteiger charge is -2.40. The van der Waals surface area contributed by atoms with Crippen molar-refractivity contribution in [3.05, 3.63) is 11.8 Å². The summed E-state index contributed by atoms with van der Waals surface area (Å²) in [5, 5.41) is 19.2. The molecule has 4 N–H and O–H groups in total. The van der Waals surface area contributed by atoms with Crippen molar-refractivity contribution in [2.75, 3.05) is 21.1 Å². The maximum atomic E-state index is 9.84. The largest absolute Gasteiger partial charge is 0.392 e. The van der Waals surface area contributed by atoms with E-state index in [0.29, 0.717) is 6.42 Å². The second-order valence-corrected chi connectivity index (χ2v) is 3.38. The second-order valence-electron chi connectivity index (χ2n) is 3.38. The zero-order valence-corrected chi connectivity index (χ0v) is 8.52. The first-order valence-electron chi connectivity index (χ1n) is 4.61. The Morgan fingerprint density at radius 3 is 2.46 bits per heavy atom. The average molecular weight is 185 g/mol. The molecule has 1 aliphatic carbocycles. The highest BCUT2D eigenvalue weighted by Gasteiger charge is 2.37. The van der Waals surface area contributed by atoms with Gasteiger partial charge in [-0.1, -0.05) is 6.08 Å². The van der Waals surface area contributed by atoms with E-state index in [1.165, 1.54) is 0 Å². The maximum absolute atomic E-state index is 9.84. The number of aliphatic hydroxyl groups excluding tert-OH is 1. The Balaban J connectivity index is 2.80. The molecule has 0 fully saturated rings. The Labute approximate surface area is 79.4 Å². The molecule has 0 aromatic carbocycles. The van der Waals surface area contributed by atoms with Crippen molar-refractivity contribution < 1.29 is 5.11 Å². The summed E-state index contributed by atoms with van der Waals surface area (Å²) < 4.78 is 0. The molecule has 0 saturated carbocycles. The molecule has 76 valence electrons. The number of hydrogen-bond acceptors (Lipinski definition) is 4. The van der Waals surface area contributed by atoms with Gasteiger partial charge in [-0.15, -0.1) is 0 Å². The zero-order valence-electron chi connectivity index (χ0n) is 8.52. The van der Waals surface area contributed by atoms with Gasteiger partial charge >= 0.3 is 0 Å². The molecule has 0 aromatic rings. The van der Waals surface area contributed by atoms with E-state index in [9.17, 15) is 5.11 Å². The van der Waals surface area contributed by atoms with Gasteiger partial charge in [0.05, 0.1) is 6.10 Å². The van der Waals surface area contributed by atoms with Crippen LogP contribution in [0, 0.1) is 0 Å². The van der Waals surface area contributed by atoms with Crippen LogP contribution in [0.2, 0.25) is 0 Å². The van der Waals surface area contributed by atoms with Gasteiger partial charge in [-0.3, -0.25) is 10.6 Å². The molecule has 1 unspecified atom stereocenters. The Hall–Kier alpha value is -0.580. The molecule has 0 radical (unpaired) electrons. The SMILES string of the molecule is CNC1=CCC(O)C(NC)(NC)C1. The van der Waals surface area contributed by atoms with Crippen LogP contribution in [0.15, 0.2) is 11.8 Å². The lowest BCUT2D eigenvalue weighted by molar-refractivity contribution is 0.0402. The lowest BCUT2D eigenvalue weighted by Crippen LogP contribution is -2.63. The van der Waals surface area contributed by atoms with Crippen LogP contribution in [0.5, 0.6) is 0 Å². The minimum Gasteiger partial charge on any atom is -0.392 e. The molecule has 0 aromatic heterocycles. The molecule has 1 atom stereocenters. The lowest BCUT2D eigenvalue weighted by atomic mass is 9.89.